The summed E-state index contributed by atoms with van der Waals surface area (Å²) in [5, 5.41) is 1.17. The number of piperidine rings is 1. The molecule has 26 heavy (non-hydrogen) atoms. The SMILES string of the molecule is Cc1ccc(/C=C/S(=O)(=O)NCc2nccc(N3CCCCC3)n2)cc1. The molecule has 1 fully saturated rings. The number of aryl methyl sites for hydroxylation is 1. The quantitative estimate of drug-likeness (QED) is 0.844. The predicted octanol–water partition coefficient (Wildman–Crippen LogP) is 2.87. The highest BCUT2D eigenvalue weighted by Gasteiger charge is 2.13. The van der Waals surface area contributed by atoms with Crippen molar-refractivity contribution >= 4 is 21.9 Å². The second-order valence-electron chi connectivity index (χ2n) is 6.46. The topological polar surface area (TPSA) is 75.2 Å². The first-order chi connectivity index (χ1) is 12.5. The van der Waals surface area contributed by atoms with Gasteiger partial charge in [-0.2, -0.15) is 0 Å². The first-order valence-electron chi connectivity index (χ1n) is 8.83. The van der Waals surface area contributed by atoms with Crippen LogP contribution in [0.1, 0.15) is 36.2 Å². The Morgan fingerprint density at radius 3 is 2.58 bits per heavy atom. The molecule has 138 valence electrons. The summed E-state index contributed by atoms with van der Waals surface area (Å²) < 4.78 is 26.9. The van der Waals surface area contributed by atoms with Crippen LogP contribution in [0, 0.1) is 6.92 Å². The van der Waals surface area contributed by atoms with Crippen LogP contribution >= 0.6 is 0 Å². The highest BCUT2D eigenvalue weighted by molar-refractivity contribution is 7.92. The van der Waals surface area contributed by atoms with Gasteiger partial charge in [-0.3, -0.25) is 0 Å². The van der Waals surface area contributed by atoms with E-state index in [2.05, 4.69) is 19.6 Å². The van der Waals surface area contributed by atoms with Crippen molar-refractivity contribution < 1.29 is 8.42 Å². The first kappa shape index (κ1) is 18.5. The number of sulfonamides is 1. The number of hydrogen-bond donors (Lipinski definition) is 1. The van der Waals surface area contributed by atoms with E-state index in [0.717, 1.165) is 42.9 Å². The van der Waals surface area contributed by atoms with E-state index in [1.54, 1.807) is 12.3 Å². The Balaban J connectivity index is 1.61. The molecule has 1 saturated heterocycles. The molecule has 1 aromatic heterocycles. The molecule has 0 atom stereocenters. The van der Waals surface area contributed by atoms with E-state index >= 15 is 0 Å². The molecule has 1 N–H and O–H groups in total. The normalized spacial score (nSPS) is 15.5. The zero-order valence-electron chi connectivity index (χ0n) is 14.9. The van der Waals surface area contributed by atoms with Gasteiger partial charge in [-0.25, -0.2) is 23.1 Å². The van der Waals surface area contributed by atoms with Crippen molar-refractivity contribution in [1.82, 2.24) is 14.7 Å². The third kappa shape index (κ3) is 5.37. The average Bonchev–Trinajstić information content (AvgIpc) is 2.67. The van der Waals surface area contributed by atoms with Gasteiger partial charge >= 0.3 is 0 Å². The van der Waals surface area contributed by atoms with Crippen LogP contribution in [0.5, 0.6) is 0 Å². The fourth-order valence-corrected chi connectivity index (χ4v) is 3.59. The fraction of sp³-hybridized carbons (Fsp3) is 0.368. The summed E-state index contributed by atoms with van der Waals surface area (Å²) >= 11 is 0. The van der Waals surface area contributed by atoms with E-state index in [-0.39, 0.29) is 6.54 Å². The molecule has 7 heteroatoms. The van der Waals surface area contributed by atoms with E-state index in [4.69, 9.17) is 0 Å². The minimum Gasteiger partial charge on any atom is -0.357 e. The average molecular weight is 372 g/mol. The van der Waals surface area contributed by atoms with Crippen LogP contribution in [0.15, 0.2) is 41.9 Å². The number of nitrogens with one attached hydrogen (secondary N) is 1. The molecule has 0 amide bonds. The maximum atomic E-state index is 12.2. The van der Waals surface area contributed by atoms with Crippen LogP contribution in [0.3, 0.4) is 0 Å². The number of anilines is 1. The van der Waals surface area contributed by atoms with Crippen LogP contribution in [-0.2, 0) is 16.6 Å². The van der Waals surface area contributed by atoms with Crippen LogP contribution in [0.4, 0.5) is 5.82 Å². The third-order valence-electron chi connectivity index (χ3n) is 4.32. The summed E-state index contributed by atoms with van der Waals surface area (Å²) in [6.45, 7) is 4.04. The minimum absolute atomic E-state index is 0.0717. The molecule has 0 saturated carbocycles. The molecule has 0 spiro atoms. The molecule has 0 radical (unpaired) electrons. The Labute approximate surface area is 155 Å². The lowest BCUT2D eigenvalue weighted by Crippen LogP contribution is -2.30. The molecule has 6 nitrogen and oxygen atoms in total. The molecule has 3 rings (SSSR count). The van der Waals surface area contributed by atoms with E-state index in [1.165, 1.54) is 11.8 Å². The van der Waals surface area contributed by atoms with Gasteiger partial charge in [0.2, 0.25) is 10.0 Å². The van der Waals surface area contributed by atoms with Crippen LogP contribution < -0.4 is 9.62 Å². The Kier molecular flexibility index (Phi) is 6.00. The van der Waals surface area contributed by atoms with Gasteiger partial charge in [-0.05, 0) is 43.9 Å². The van der Waals surface area contributed by atoms with Crippen molar-refractivity contribution in [1.29, 1.82) is 0 Å². The molecule has 2 heterocycles. The van der Waals surface area contributed by atoms with Crippen molar-refractivity contribution in [3.8, 4) is 0 Å². The Morgan fingerprint density at radius 1 is 1.12 bits per heavy atom. The van der Waals surface area contributed by atoms with E-state index in [0.29, 0.717) is 5.82 Å². The lowest BCUT2D eigenvalue weighted by atomic mass is 10.1. The van der Waals surface area contributed by atoms with E-state index in [1.807, 2.05) is 37.3 Å². The van der Waals surface area contributed by atoms with Crippen LogP contribution in [-0.4, -0.2) is 31.5 Å². The largest absolute Gasteiger partial charge is 0.357 e. The van der Waals surface area contributed by atoms with Crippen molar-refractivity contribution in [3.63, 3.8) is 0 Å². The minimum atomic E-state index is -3.55. The summed E-state index contributed by atoms with van der Waals surface area (Å²) in [7, 11) is -3.55. The molecule has 2 aromatic rings. The molecule has 0 bridgehead atoms. The lowest BCUT2D eigenvalue weighted by molar-refractivity contribution is 0.570. The molecule has 1 aromatic carbocycles. The van der Waals surface area contributed by atoms with Gasteiger partial charge in [0.15, 0.2) is 0 Å². The highest BCUT2D eigenvalue weighted by atomic mass is 32.2. The monoisotopic (exact) mass is 372 g/mol. The van der Waals surface area contributed by atoms with Gasteiger partial charge in [0, 0.05) is 24.7 Å². The number of hydrogen-bond acceptors (Lipinski definition) is 5. The smallest absolute Gasteiger partial charge is 0.234 e. The van der Waals surface area contributed by atoms with Gasteiger partial charge in [-0.1, -0.05) is 29.8 Å². The number of benzene rings is 1. The van der Waals surface area contributed by atoms with E-state index in [9.17, 15) is 8.42 Å². The molecule has 0 unspecified atom stereocenters. The van der Waals surface area contributed by atoms with Gasteiger partial charge in [0.1, 0.15) is 11.6 Å². The summed E-state index contributed by atoms with van der Waals surface area (Å²) in [4.78, 5) is 10.9. The van der Waals surface area contributed by atoms with Crippen LogP contribution in [0.25, 0.3) is 6.08 Å². The Hall–Kier alpha value is -2.25. The Morgan fingerprint density at radius 2 is 1.85 bits per heavy atom. The second-order valence-corrected chi connectivity index (χ2v) is 8.11. The maximum absolute atomic E-state index is 12.2. The first-order valence-corrected chi connectivity index (χ1v) is 10.4. The molecular formula is C19H24N4O2S. The number of nitrogens with zero attached hydrogens (tertiary/aromatic N) is 3. The summed E-state index contributed by atoms with van der Waals surface area (Å²) in [6, 6.07) is 9.53. The predicted molar refractivity (Wildman–Crippen MR) is 104 cm³/mol. The van der Waals surface area contributed by atoms with E-state index < -0.39 is 10.0 Å². The summed E-state index contributed by atoms with van der Waals surface area (Å²) in [5.41, 5.74) is 1.97. The zero-order valence-corrected chi connectivity index (χ0v) is 15.7. The number of aromatic nitrogens is 2. The zero-order chi connectivity index (χ0) is 18.4. The second kappa shape index (κ2) is 8.42. The van der Waals surface area contributed by atoms with Gasteiger partial charge < -0.3 is 4.90 Å². The molecule has 1 aliphatic rings. The summed E-state index contributed by atoms with van der Waals surface area (Å²) in [6.07, 6.45) is 6.84. The van der Waals surface area contributed by atoms with Gasteiger partial charge in [0.05, 0.1) is 6.54 Å². The molecule has 1 aliphatic heterocycles. The van der Waals surface area contributed by atoms with Crippen LogP contribution in [0.2, 0.25) is 0 Å². The Bertz CT molecular complexity index is 857. The molecular weight excluding hydrogens is 348 g/mol. The van der Waals surface area contributed by atoms with Crippen molar-refractivity contribution in [2.24, 2.45) is 0 Å². The van der Waals surface area contributed by atoms with Crippen molar-refractivity contribution in [3.05, 3.63) is 58.9 Å². The maximum Gasteiger partial charge on any atom is 0.234 e. The standard InChI is InChI=1S/C19H24N4O2S/c1-16-5-7-17(8-6-16)10-14-26(24,25)21-15-18-20-11-9-19(22-18)23-12-3-2-4-13-23/h5-11,14,21H,2-4,12-13,15H2,1H3/b14-10+. The van der Waals surface area contributed by atoms with Gasteiger partial charge in [0.25, 0.3) is 0 Å². The highest BCUT2D eigenvalue weighted by Crippen LogP contribution is 2.17. The van der Waals surface area contributed by atoms with Crippen molar-refractivity contribution in [2.45, 2.75) is 32.7 Å². The van der Waals surface area contributed by atoms with Gasteiger partial charge in [-0.15, -0.1) is 0 Å². The third-order valence-corrected chi connectivity index (χ3v) is 5.36. The number of rotatable bonds is 6. The fourth-order valence-electron chi connectivity index (χ4n) is 2.83. The lowest BCUT2D eigenvalue weighted by Gasteiger charge is -2.27. The molecule has 0 aliphatic carbocycles. The summed E-state index contributed by atoms with van der Waals surface area (Å²) in [5.74, 6) is 1.34. The van der Waals surface area contributed by atoms with Crippen molar-refractivity contribution in [2.75, 3.05) is 18.0 Å².